The fourth-order valence-electron chi connectivity index (χ4n) is 8.05. The summed E-state index contributed by atoms with van der Waals surface area (Å²) in [6.07, 6.45) is 6.02. The summed E-state index contributed by atoms with van der Waals surface area (Å²) in [5.41, 5.74) is 9.72. The summed E-state index contributed by atoms with van der Waals surface area (Å²) in [6.45, 7) is 25.6. The highest BCUT2D eigenvalue weighted by atomic mass is 16.5. The molecule has 5 rings (SSSR count). The molecule has 6 heteroatoms. The Bertz CT molecular complexity index is 1870. The van der Waals surface area contributed by atoms with E-state index < -0.39 is 0 Å². The third-order valence-electron chi connectivity index (χ3n) is 10.2. The Morgan fingerprint density at radius 2 is 0.764 bits per heavy atom. The number of para-hydroxylation sites is 2. The molecule has 4 aromatic carbocycles. The predicted molar refractivity (Wildman–Crippen MR) is 227 cm³/mol. The van der Waals surface area contributed by atoms with Gasteiger partial charge in [-0.05, 0) is 118 Å². The smallest absolute Gasteiger partial charge is 0.126 e. The van der Waals surface area contributed by atoms with Crippen LogP contribution in [0.3, 0.4) is 0 Å². The SMILES string of the molecule is CCCOc1c2cccc1Cc1cc(O)cc(c1OCCC)Cc1cc(CN(C(C)(C)C)C(C)(C)C)cc(c1OCCC)Cc1cccc(c1OCCC)C2. The summed E-state index contributed by atoms with van der Waals surface area (Å²) in [4.78, 5) is 2.58. The van der Waals surface area contributed by atoms with E-state index in [1.54, 1.807) is 0 Å². The van der Waals surface area contributed by atoms with Crippen molar-refractivity contribution in [2.24, 2.45) is 0 Å². The largest absolute Gasteiger partial charge is 0.508 e. The van der Waals surface area contributed by atoms with Crippen molar-refractivity contribution < 1.29 is 24.1 Å². The van der Waals surface area contributed by atoms with Crippen LogP contribution in [0, 0.1) is 0 Å². The van der Waals surface area contributed by atoms with Crippen molar-refractivity contribution in [1.29, 1.82) is 0 Å². The summed E-state index contributed by atoms with van der Waals surface area (Å²) in [5.74, 6) is 3.83. The maximum Gasteiger partial charge on any atom is 0.126 e. The molecule has 0 spiro atoms. The number of phenolic OH excluding ortho intramolecular Hbond substituents is 1. The lowest BCUT2D eigenvalue weighted by molar-refractivity contribution is 0.0298. The average Bonchev–Trinajstić information content (AvgIpc) is 3.11. The molecule has 0 amide bonds. The molecule has 0 aromatic heterocycles. The number of nitrogens with zero attached hydrogens (tertiary/aromatic N) is 1. The molecule has 0 aliphatic heterocycles. The second kappa shape index (κ2) is 18.7. The van der Waals surface area contributed by atoms with Crippen LogP contribution in [0.25, 0.3) is 0 Å². The molecule has 0 radical (unpaired) electrons. The quantitative estimate of drug-likeness (QED) is 0.122. The molecule has 1 aliphatic rings. The first-order valence-corrected chi connectivity index (χ1v) is 20.8. The van der Waals surface area contributed by atoms with Crippen LogP contribution in [0.15, 0.2) is 60.7 Å². The number of hydrogen-bond donors (Lipinski definition) is 1. The first-order valence-electron chi connectivity index (χ1n) is 20.8. The molecule has 1 N–H and O–H groups in total. The molecule has 0 fully saturated rings. The number of rotatable bonds is 14. The van der Waals surface area contributed by atoms with Crippen LogP contribution in [0.5, 0.6) is 28.7 Å². The van der Waals surface area contributed by atoms with Crippen molar-refractivity contribution in [3.8, 4) is 28.7 Å². The maximum atomic E-state index is 11.4. The summed E-state index contributed by atoms with van der Waals surface area (Å²) in [6, 6.07) is 21.5. The Balaban J connectivity index is 1.84. The Hall–Kier alpha value is -4.16. The number of fused-ring (bicyclic) bond motifs is 8. The van der Waals surface area contributed by atoms with E-state index in [2.05, 4.69) is 123 Å². The van der Waals surface area contributed by atoms with E-state index in [0.29, 0.717) is 52.1 Å². The van der Waals surface area contributed by atoms with Crippen LogP contribution in [0.2, 0.25) is 0 Å². The Morgan fingerprint density at radius 3 is 1.09 bits per heavy atom. The minimum atomic E-state index is -0.0595. The van der Waals surface area contributed by atoms with Crippen LogP contribution in [0.1, 0.15) is 145 Å². The molecule has 1 aliphatic carbocycles. The molecule has 0 saturated carbocycles. The second-order valence-corrected chi connectivity index (χ2v) is 17.2. The molecule has 8 bridgehead atoms. The van der Waals surface area contributed by atoms with Crippen LogP contribution < -0.4 is 18.9 Å². The van der Waals surface area contributed by atoms with Crippen molar-refractivity contribution in [1.82, 2.24) is 4.90 Å². The zero-order valence-corrected chi connectivity index (χ0v) is 35.5. The lowest BCUT2D eigenvalue weighted by Crippen LogP contribution is -2.51. The molecular formula is C49H67NO5. The van der Waals surface area contributed by atoms with E-state index >= 15 is 0 Å². The summed E-state index contributed by atoms with van der Waals surface area (Å²) >= 11 is 0. The lowest BCUT2D eigenvalue weighted by Gasteiger charge is -2.45. The van der Waals surface area contributed by atoms with Gasteiger partial charge >= 0.3 is 0 Å². The van der Waals surface area contributed by atoms with Gasteiger partial charge in [0.2, 0.25) is 0 Å². The normalized spacial score (nSPS) is 13.1. The van der Waals surface area contributed by atoms with Crippen molar-refractivity contribution in [2.45, 2.75) is 138 Å². The van der Waals surface area contributed by atoms with Crippen LogP contribution in [0.4, 0.5) is 0 Å². The van der Waals surface area contributed by atoms with E-state index in [4.69, 9.17) is 18.9 Å². The van der Waals surface area contributed by atoms with Gasteiger partial charge in [0.25, 0.3) is 0 Å². The Kier molecular flexibility index (Phi) is 14.2. The first kappa shape index (κ1) is 42.0. The zero-order valence-electron chi connectivity index (χ0n) is 35.5. The topological polar surface area (TPSA) is 60.4 Å². The highest BCUT2D eigenvalue weighted by Gasteiger charge is 2.32. The number of benzene rings is 4. The Labute approximate surface area is 332 Å². The van der Waals surface area contributed by atoms with Crippen molar-refractivity contribution in [2.75, 3.05) is 26.4 Å². The van der Waals surface area contributed by atoms with E-state index in [1.165, 1.54) is 5.56 Å². The lowest BCUT2D eigenvalue weighted by atomic mass is 9.89. The molecular weight excluding hydrogens is 683 g/mol. The standard InChI is InChI=1S/C49H67NO5/c1-11-21-52-44-35-17-15-19-37(44)28-39-25-34(33-50(48(5,6)7)49(8,9)10)26-40(46(39)54-23-13-3)30-42-32-43(51)31-41(47(42)55-24-14-4)29-38-20-16-18-36(27-35)45(38)53-22-12-2/h15-20,25-26,31-32,51H,11-14,21-24,27-30,33H2,1-10H3. The molecule has 6 nitrogen and oxygen atoms in total. The third-order valence-corrected chi connectivity index (χ3v) is 10.2. The van der Waals surface area contributed by atoms with Gasteiger partial charge in [0.05, 0.1) is 26.4 Å². The summed E-state index contributed by atoms with van der Waals surface area (Å²) < 4.78 is 26.7. The molecule has 55 heavy (non-hydrogen) atoms. The van der Waals surface area contributed by atoms with Crippen LogP contribution in [-0.4, -0.2) is 47.5 Å². The van der Waals surface area contributed by atoms with E-state index in [-0.39, 0.29) is 16.8 Å². The molecule has 0 atom stereocenters. The number of hydrogen-bond acceptors (Lipinski definition) is 6. The van der Waals surface area contributed by atoms with Gasteiger partial charge in [-0.1, -0.05) is 76.2 Å². The van der Waals surface area contributed by atoms with Gasteiger partial charge in [-0.2, -0.15) is 0 Å². The van der Waals surface area contributed by atoms with E-state index in [0.717, 1.165) is 99.7 Å². The highest BCUT2D eigenvalue weighted by molar-refractivity contribution is 5.58. The number of phenols is 1. The van der Waals surface area contributed by atoms with E-state index in [1.807, 2.05) is 12.1 Å². The molecule has 0 unspecified atom stereocenters. The van der Waals surface area contributed by atoms with Gasteiger partial charge in [-0.3, -0.25) is 4.90 Å². The Morgan fingerprint density at radius 1 is 0.473 bits per heavy atom. The number of aromatic hydroxyl groups is 1. The first-order chi connectivity index (χ1) is 26.3. The minimum absolute atomic E-state index is 0.0595. The van der Waals surface area contributed by atoms with Gasteiger partial charge in [0, 0.05) is 54.4 Å². The maximum absolute atomic E-state index is 11.4. The molecule has 0 saturated heterocycles. The molecule has 0 heterocycles. The molecule has 4 aromatic rings. The van der Waals surface area contributed by atoms with Crippen LogP contribution >= 0.6 is 0 Å². The van der Waals surface area contributed by atoms with Gasteiger partial charge in [0.15, 0.2) is 0 Å². The second-order valence-electron chi connectivity index (χ2n) is 17.2. The minimum Gasteiger partial charge on any atom is -0.508 e. The predicted octanol–water partition coefficient (Wildman–Crippen LogP) is 11.6. The summed E-state index contributed by atoms with van der Waals surface area (Å²) in [5, 5.41) is 11.4. The monoisotopic (exact) mass is 750 g/mol. The van der Waals surface area contributed by atoms with Crippen molar-refractivity contribution in [3.63, 3.8) is 0 Å². The van der Waals surface area contributed by atoms with Gasteiger partial charge in [-0.15, -0.1) is 0 Å². The van der Waals surface area contributed by atoms with Crippen molar-refractivity contribution in [3.05, 3.63) is 111 Å². The van der Waals surface area contributed by atoms with Gasteiger partial charge < -0.3 is 24.1 Å². The fourth-order valence-corrected chi connectivity index (χ4v) is 8.05. The average molecular weight is 750 g/mol. The summed E-state index contributed by atoms with van der Waals surface area (Å²) in [7, 11) is 0. The highest BCUT2D eigenvalue weighted by Crippen LogP contribution is 2.41. The third kappa shape index (κ3) is 10.6. The van der Waals surface area contributed by atoms with Crippen molar-refractivity contribution >= 4 is 0 Å². The molecule has 298 valence electrons. The van der Waals surface area contributed by atoms with E-state index in [9.17, 15) is 5.11 Å². The van der Waals surface area contributed by atoms with Gasteiger partial charge in [-0.25, -0.2) is 0 Å². The number of ether oxygens (including phenoxy) is 4. The van der Waals surface area contributed by atoms with Crippen LogP contribution in [-0.2, 0) is 32.2 Å². The van der Waals surface area contributed by atoms with Gasteiger partial charge in [0.1, 0.15) is 28.7 Å². The zero-order chi connectivity index (χ0) is 39.8. The fraction of sp³-hybridized carbons (Fsp3) is 0.510.